The Hall–Kier alpha value is -2.55. The molecule has 3 aromatic rings. The first-order valence-electron chi connectivity index (χ1n) is 9.76. The van der Waals surface area contributed by atoms with Crippen molar-refractivity contribution in [2.45, 2.75) is 6.92 Å². The minimum atomic E-state index is -0.167. The number of hydrogen-bond acceptors (Lipinski definition) is 7. The molecule has 31 heavy (non-hydrogen) atoms. The standard InChI is InChI=1S/C22H27N3O4S.ClH/c1-5-28-18-11-8-12-19-21(18)23-22(30-19)25(14-13-24(2)3)20(26)15-29-17-10-7-6-9-16(17)27-4;/h6-12H,5,13-15H2,1-4H3;1H. The number of likely N-dealkylation sites (N-methyl/N-ethyl adjacent to an activating group) is 1. The summed E-state index contributed by atoms with van der Waals surface area (Å²) in [6.07, 6.45) is 0. The van der Waals surface area contributed by atoms with Gasteiger partial charge in [-0.2, -0.15) is 0 Å². The van der Waals surface area contributed by atoms with Crippen LogP contribution < -0.4 is 19.1 Å². The number of amides is 1. The average Bonchev–Trinajstić information content (AvgIpc) is 3.17. The Balaban J connectivity index is 0.00000341. The van der Waals surface area contributed by atoms with E-state index in [1.807, 2.05) is 56.3 Å². The summed E-state index contributed by atoms with van der Waals surface area (Å²) < 4.78 is 17.7. The van der Waals surface area contributed by atoms with Crippen molar-refractivity contribution in [1.82, 2.24) is 9.88 Å². The molecule has 0 atom stereocenters. The van der Waals surface area contributed by atoms with Gasteiger partial charge in [0.05, 0.1) is 18.4 Å². The first kappa shape index (κ1) is 24.7. The fourth-order valence-corrected chi connectivity index (χ4v) is 3.91. The summed E-state index contributed by atoms with van der Waals surface area (Å²) in [5.74, 6) is 1.68. The van der Waals surface area contributed by atoms with Crippen molar-refractivity contribution in [3.05, 3.63) is 42.5 Å². The lowest BCUT2D eigenvalue weighted by Gasteiger charge is -2.22. The normalized spacial score (nSPS) is 10.6. The van der Waals surface area contributed by atoms with Gasteiger partial charge in [0.25, 0.3) is 5.91 Å². The Labute approximate surface area is 192 Å². The number of anilines is 1. The van der Waals surface area contributed by atoms with Crippen LogP contribution >= 0.6 is 23.7 Å². The minimum Gasteiger partial charge on any atom is -0.493 e. The van der Waals surface area contributed by atoms with Gasteiger partial charge >= 0.3 is 0 Å². The lowest BCUT2D eigenvalue weighted by atomic mass is 10.3. The van der Waals surface area contributed by atoms with Gasteiger partial charge in [0.15, 0.2) is 23.2 Å². The second-order valence-corrected chi connectivity index (χ2v) is 7.83. The number of benzene rings is 2. The highest BCUT2D eigenvalue weighted by Crippen LogP contribution is 2.34. The number of hydrogen-bond donors (Lipinski definition) is 0. The van der Waals surface area contributed by atoms with Gasteiger partial charge in [-0.25, -0.2) is 4.98 Å². The Kier molecular flexibility index (Phi) is 9.36. The summed E-state index contributed by atoms with van der Waals surface area (Å²) in [4.78, 5) is 21.5. The maximum atomic E-state index is 13.1. The Morgan fingerprint density at radius 3 is 2.39 bits per heavy atom. The van der Waals surface area contributed by atoms with E-state index < -0.39 is 0 Å². The van der Waals surface area contributed by atoms with Gasteiger partial charge in [-0.05, 0) is 45.3 Å². The molecule has 3 rings (SSSR count). The maximum Gasteiger partial charge on any atom is 0.266 e. The van der Waals surface area contributed by atoms with Crippen molar-refractivity contribution in [3.8, 4) is 17.2 Å². The highest BCUT2D eigenvalue weighted by molar-refractivity contribution is 7.22. The second-order valence-electron chi connectivity index (χ2n) is 6.82. The molecule has 0 fully saturated rings. The molecule has 168 valence electrons. The largest absolute Gasteiger partial charge is 0.493 e. The number of nitrogens with zero attached hydrogens (tertiary/aromatic N) is 3. The lowest BCUT2D eigenvalue weighted by Crippen LogP contribution is -2.39. The van der Waals surface area contributed by atoms with Crippen molar-refractivity contribution in [2.75, 3.05) is 52.4 Å². The predicted molar refractivity (Wildman–Crippen MR) is 127 cm³/mol. The Morgan fingerprint density at radius 2 is 1.71 bits per heavy atom. The van der Waals surface area contributed by atoms with Crippen LogP contribution in [0.15, 0.2) is 42.5 Å². The van der Waals surface area contributed by atoms with Gasteiger partial charge < -0.3 is 19.1 Å². The Morgan fingerprint density at radius 1 is 1.00 bits per heavy atom. The van der Waals surface area contributed by atoms with Crippen LogP contribution in [-0.2, 0) is 4.79 Å². The molecular weight excluding hydrogens is 438 g/mol. The minimum absolute atomic E-state index is 0. The average molecular weight is 466 g/mol. The summed E-state index contributed by atoms with van der Waals surface area (Å²) in [7, 11) is 5.52. The predicted octanol–water partition coefficient (Wildman–Crippen LogP) is 4.10. The second kappa shape index (κ2) is 11.7. The van der Waals surface area contributed by atoms with Crippen LogP contribution in [0.5, 0.6) is 17.2 Å². The van der Waals surface area contributed by atoms with Crippen molar-refractivity contribution in [3.63, 3.8) is 0 Å². The third-order valence-corrected chi connectivity index (χ3v) is 5.44. The van der Waals surface area contributed by atoms with Crippen LogP contribution in [0, 0.1) is 0 Å². The summed E-state index contributed by atoms with van der Waals surface area (Å²) in [5.41, 5.74) is 0.771. The molecule has 9 heteroatoms. The number of para-hydroxylation sites is 3. The number of thiazole rings is 1. The van der Waals surface area contributed by atoms with Crippen molar-refractivity contribution < 1.29 is 19.0 Å². The van der Waals surface area contributed by atoms with E-state index in [4.69, 9.17) is 19.2 Å². The number of carbonyl (C=O) groups is 1. The SMILES string of the molecule is CCOc1cccc2sc(N(CCN(C)C)C(=O)COc3ccccc3OC)nc12.Cl. The fraction of sp³-hybridized carbons (Fsp3) is 0.364. The zero-order chi connectivity index (χ0) is 21.5. The molecule has 0 saturated heterocycles. The molecule has 1 aromatic heterocycles. The van der Waals surface area contributed by atoms with E-state index in [1.54, 1.807) is 24.1 Å². The zero-order valence-electron chi connectivity index (χ0n) is 18.2. The van der Waals surface area contributed by atoms with Crippen molar-refractivity contribution in [2.24, 2.45) is 0 Å². The van der Waals surface area contributed by atoms with E-state index in [1.165, 1.54) is 11.3 Å². The molecule has 0 aliphatic rings. The van der Waals surface area contributed by atoms with Gasteiger partial charge in [0.2, 0.25) is 0 Å². The van der Waals surface area contributed by atoms with E-state index in [0.717, 1.165) is 16.0 Å². The van der Waals surface area contributed by atoms with Crippen LogP contribution in [-0.4, -0.2) is 63.3 Å². The number of aromatic nitrogens is 1. The third-order valence-electron chi connectivity index (χ3n) is 4.39. The molecule has 1 amide bonds. The van der Waals surface area contributed by atoms with Gasteiger partial charge in [-0.3, -0.25) is 9.69 Å². The molecule has 0 bridgehead atoms. The number of halogens is 1. The van der Waals surface area contributed by atoms with Crippen LogP contribution in [0.4, 0.5) is 5.13 Å². The summed E-state index contributed by atoms with van der Waals surface area (Å²) >= 11 is 1.47. The highest BCUT2D eigenvalue weighted by Gasteiger charge is 2.22. The van der Waals surface area contributed by atoms with Crippen LogP contribution in [0.1, 0.15) is 6.92 Å². The lowest BCUT2D eigenvalue weighted by molar-refractivity contribution is -0.120. The van der Waals surface area contributed by atoms with Crippen LogP contribution in [0.25, 0.3) is 10.2 Å². The van der Waals surface area contributed by atoms with Gasteiger partial charge in [0, 0.05) is 13.1 Å². The molecule has 0 saturated carbocycles. The number of carbonyl (C=O) groups excluding carboxylic acids is 1. The molecule has 7 nitrogen and oxygen atoms in total. The number of methoxy groups -OCH3 is 1. The quantitative estimate of drug-likeness (QED) is 0.449. The van der Waals surface area contributed by atoms with E-state index in [0.29, 0.717) is 36.3 Å². The van der Waals surface area contributed by atoms with Crippen molar-refractivity contribution in [1.29, 1.82) is 0 Å². The number of rotatable bonds is 10. The summed E-state index contributed by atoms with van der Waals surface area (Å²) in [5, 5.41) is 0.632. The molecule has 1 heterocycles. The van der Waals surface area contributed by atoms with E-state index in [-0.39, 0.29) is 24.9 Å². The smallest absolute Gasteiger partial charge is 0.266 e. The highest BCUT2D eigenvalue weighted by atomic mass is 35.5. The van der Waals surface area contributed by atoms with E-state index >= 15 is 0 Å². The first-order valence-corrected chi connectivity index (χ1v) is 10.6. The molecule has 0 aliphatic heterocycles. The molecule has 0 N–H and O–H groups in total. The van der Waals surface area contributed by atoms with Gasteiger partial charge in [-0.1, -0.05) is 29.5 Å². The molecule has 0 aliphatic carbocycles. The topological polar surface area (TPSA) is 64.1 Å². The molecule has 0 radical (unpaired) electrons. The number of ether oxygens (including phenoxy) is 3. The number of fused-ring (bicyclic) bond motifs is 1. The van der Waals surface area contributed by atoms with Crippen LogP contribution in [0.2, 0.25) is 0 Å². The van der Waals surface area contributed by atoms with Crippen molar-refractivity contribution >= 4 is 45.0 Å². The molecule has 0 unspecified atom stereocenters. The van der Waals surface area contributed by atoms with E-state index in [2.05, 4.69) is 0 Å². The molecule has 0 spiro atoms. The van der Waals surface area contributed by atoms with Gasteiger partial charge in [-0.15, -0.1) is 12.4 Å². The molecular formula is C22H28ClN3O4S. The maximum absolute atomic E-state index is 13.1. The first-order chi connectivity index (χ1) is 14.5. The summed E-state index contributed by atoms with van der Waals surface area (Å²) in [6.45, 7) is 3.60. The van der Waals surface area contributed by atoms with Crippen LogP contribution in [0.3, 0.4) is 0 Å². The van der Waals surface area contributed by atoms with Gasteiger partial charge in [0.1, 0.15) is 11.3 Å². The monoisotopic (exact) mass is 465 g/mol. The third kappa shape index (κ3) is 6.22. The zero-order valence-corrected chi connectivity index (χ0v) is 19.8. The van der Waals surface area contributed by atoms with E-state index in [9.17, 15) is 4.79 Å². The Bertz CT molecular complexity index is 996. The fourth-order valence-electron chi connectivity index (χ4n) is 2.88. The molecule has 2 aromatic carbocycles. The summed E-state index contributed by atoms with van der Waals surface area (Å²) in [6, 6.07) is 13.1.